The zero-order chi connectivity index (χ0) is 12.1. The molecule has 1 fully saturated rings. The summed E-state index contributed by atoms with van der Waals surface area (Å²) in [5.74, 6) is -0.330. The van der Waals surface area contributed by atoms with Crippen molar-refractivity contribution in [2.24, 2.45) is 0 Å². The molecule has 1 aromatic carbocycles. The van der Waals surface area contributed by atoms with Crippen LogP contribution in [0.1, 0.15) is 23.2 Å². The highest BCUT2D eigenvalue weighted by Crippen LogP contribution is 2.19. The van der Waals surface area contributed by atoms with E-state index in [9.17, 15) is 4.79 Å². The van der Waals surface area contributed by atoms with E-state index in [1.54, 1.807) is 19.2 Å². The average Bonchev–Trinajstić information content (AvgIpc) is 2.40. The molecule has 0 radical (unpaired) electrons. The van der Waals surface area contributed by atoms with Gasteiger partial charge in [0.2, 0.25) is 0 Å². The standard InChI is InChI=1S/C13H16O4/c1-15-13-11(8-5-9-16-13)17-12(14)10-6-3-2-4-7-10/h2-4,6-7,11,13H,5,8-9H2,1H3. The van der Waals surface area contributed by atoms with Crippen LogP contribution in [0, 0.1) is 0 Å². The summed E-state index contributed by atoms with van der Waals surface area (Å²) in [5, 5.41) is 0. The lowest BCUT2D eigenvalue weighted by atomic mass is 10.1. The van der Waals surface area contributed by atoms with Gasteiger partial charge < -0.3 is 14.2 Å². The maximum atomic E-state index is 11.8. The molecule has 0 amide bonds. The number of carbonyl (C=O) groups is 1. The Labute approximate surface area is 100 Å². The second-order valence-electron chi connectivity index (χ2n) is 3.93. The molecule has 17 heavy (non-hydrogen) atoms. The molecule has 2 atom stereocenters. The van der Waals surface area contributed by atoms with E-state index in [4.69, 9.17) is 14.2 Å². The van der Waals surface area contributed by atoms with Crippen LogP contribution in [0.15, 0.2) is 30.3 Å². The van der Waals surface area contributed by atoms with Gasteiger partial charge in [-0.2, -0.15) is 0 Å². The number of methoxy groups -OCH3 is 1. The van der Waals surface area contributed by atoms with Crippen molar-refractivity contribution in [2.45, 2.75) is 25.2 Å². The van der Waals surface area contributed by atoms with Gasteiger partial charge >= 0.3 is 5.97 Å². The molecular formula is C13H16O4. The van der Waals surface area contributed by atoms with E-state index in [1.807, 2.05) is 18.2 Å². The quantitative estimate of drug-likeness (QED) is 0.753. The van der Waals surface area contributed by atoms with Gasteiger partial charge in [-0.05, 0) is 25.0 Å². The molecule has 1 saturated heterocycles. The summed E-state index contributed by atoms with van der Waals surface area (Å²) in [4.78, 5) is 11.8. The van der Waals surface area contributed by atoms with E-state index in [1.165, 1.54) is 0 Å². The number of esters is 1. The average molecular weight is 236 g/mol. The van der Waals surface area contributed by atoms with Crippen molar-refractivity contribution >= 4 is 5.97 Å². The van der Waals surface area contributed by atoms with Crippen LogP contribution in [0.25, 0.3) is 0 Å². The van der Waals surface area contributed by atoms with Crippen molar-refractivity contribution in [3.05, 3.63) is 35.9 Å². The van der Waals surface area contributed by atoms with Crippen molar-refractivity contribution in [3.8, 4) is 0 Å². The van der Waals surface area contributed by atoms with Crippen LogP contribution in [-0.4, -0.2) is 32.1 Å². The van der Waals surface area contributed by atoms with Crippen molar-refractivity contribution < 1.29 is 19.0 Å². The largest absolute Gasteiger partial charge is 0.453 e. The topological polar surface area (TPSA) is 44.8 Å². The van der Waals surface area contributed by atoms with Crippen LogP contribution >= 0.6 is 0 Å². The van der Waals surface area contributed by atoms with Gasteiger partial charge in [-0.1, -0.05) is 18.2 Å². The Kier molecular flexibility index (Phi) is 4.12. The van der Waals surface area contributed by atoms with Crippen LogP contribution in [0.3, 0.4) is 0 Å². The fourth-order valence-electron chi connectivity index (χ4n) is 1.84. The minimum Gasteiger partial charge on any atom is -0.453 e. The SMILES string of the molecule is COC1OCCCC1OC(=O)c1ccccc1. The Hall–Kier alpha value is -1.39. The Morgan fingerprint density at radius 2 is 2.12 bits per heavy atom. The number of carbonyl (C=O) groups excluding carboxylic acids is 1. The summed E-state index contributed by atoms with van der Waals surface area (Å²) in [6, 6.07) is 8.93. The minimum atomic E-state index is -0.448. The highest BCUT2D eigenvalue weighted by atomic mass is 16.7. The maximum absolute atomic E-state index is 11.8. The molecule has 1 heterocycles. The van der Waals surface area contributed by atoms with Crippen LogP contribution in [0.5, 0.6) is 0 Å². The van der Waals surface area contributed by atoms with Gasteiger partial charge in [0.15, 0.2) is 12.4 Å². The van der Waals surface area contributed by atoms with Crippen LogP contribution in [-0.2, 0) is 14.2 Å². The van der Waals surface area contributed by atoms with Crippen molar-refractivity contribution in [1.82, 2.24) is 0 Å². The molecule has 0 spiro atoms. The fourth-order valence-corrected chi connectivity index (χ4v) is 1.84. The molecule has 1 aromatic rings. The zero-order valence-electron chi connectivity index (χ0n) is 9.80. The maximum Gasteiger partial charge on any atom is 0.338 e. The Morgan fingerprint density at radius 1 is 1.35 bits per heavy atom. The van der Waals surface area contributed by atoms with E-state index in [-0.39, 0.29) is 12.1 Å². The molecule has 0 aliphatic carbocycles. The minimum absolute atomic E-state index is 0.318. The molecule has 92 valence electrons. The Balaban J connectivity index is 1.98. The second kappa shape index (κ2) is 5.80. The monoisotopic (exact) mass is 236 g/mol. The van der Waals surface area contributed by atoms with Gasteiger partial charge in [-0.25, -0.2) is 4.79 Å². The fraction of sp³-hybridized carbons (Fsp3) is 0.462. The second-order valence-corrected chi connectivity index (χ2v) is 3.93. The van der Waals surface area contributed by atoms with Gasteiger partial charge in [0.25, 0.3) is 0 Å². The summed E-state index contributed by atoms with van der Waals surface area (Å²) in [7, 11) is 1.55. The van der Waals surface area contributed by atoms with Gasteiger partial charge in [0, 0.05) is 7.11 Å². The molecule has 1 aliphatic heterocycles. The third kappa shape index (κ3) is 3.05. The van der Waals surface area contributed by atoms with Crippen LogP contribution in [0.2, 0.25) is 0 Å². The molecule has 0 aromatic heterocycles. The molecule has 2 unspecified atom stereocenters. The van der Waals surface area contributed by atoms with E-state index in [0.29, 0.717) is 12.2 Å². The lowest BCUT2D eigenvalue weighted by Crippen LogP contribution is -2.38. The van der Waals surface area contributed by atoms with Crippen LogP contribution < -0.4 is 0 Å². The third-order valence-electron chi connectivity index (χ3n) is 2.72. The predicted octanol–water partition coefficient (Wildman–Crippen LogP) is 1.99. The number of ether oxygens (including phenoxy) is 3. The summed E-state index contributed by atoms with van der Waals surface area (Å²) in [5.41, 5.74) is 0.549. The number of benzene rings is 1. The van der Waals surface area contributed by atoms with E-state index >= 15 is 0 Å². The molecule has 4 heteroatoms. The molecule has 0 N–H and O–H groups in total. The summed E-state index contributed by atoms with van der Waals surface area (Å²) in [6.07, 6.45) is 0.891. The Morgan fingerprint density at radius 3 is 2.82 bits per heavy atom. The first-order valence-corrected chi connectivity index (χ1v) is 5.71. The van der Waals surface area contributed by atoms with Gasteiger partial charge in [-0.3, -0.25) is 0 Å². The summed E-state index contributed by atoms with van der Waals surface area (Å²) >= 11 is 0. The summed E-state index contributed by atoms with van der Waals surface area (Å²) < 4.78 is 15.9. The van der Waals surface area contributed by atoms with Crippen molar-refractivity contribution in [2.75, 3.05) is 13.7 Å². The number of hydrogen-bond donors (Lipinski definition) is 0. The van der Waals surface area contributed by atoms with E-state index < -0.39 is 6.29 Å². The first-order valence-electron chi connectivity index (χ1n) is 5.71. The van der Waals surface area contributed by atoms with Gasteiger partial charge in [0.05, 0.1) is 12.2 Å². The van der Waals surface area contributed by atoms with Gasteiger partial charge in [0.1, 0.15) is 0 Å². The first-order chi connectivity index (χ1) is 8.31. The highest BCUT2D eigenvalue weighted by Gasteiger charge is 2.29. The zero-order valence-corrected chi connectivity index (χ0v) is 9.80. The third-order valence-corrected chi connectivity index (χ3v) is 2.72. The smallest absolute Gasteiger partial charge is 0.338 e. The van der Waals surface area contributed by atoms with Crippen molar-refractivity contribution in [3.63, 3.8) is 0 Å². The van der Waals surface area contributed by atoms with E-state index in [0.717, 1.165) is 12.8 Å². The molecule has 4 nitrogen and oxygen atoms in total. The predicted molar refractivity (Wildman–Crippen MR) is 61.6 cm³/mol. The summed E-state index contributed by atoms with van der Waals surface area (Å²) in [6.45, 7) is 0.651. The molecular weight excluding hydrogens is 220 g/mol. The number of hydrogen-bond acceptors (Lipinski definition) is 4. The lowest BCUT2D eigenvalue weighted by molar-refractivity contribution is -0.201. The lowest BCUT2D eigenvalue weighted by Gasteiger charge is -2.29. The molecule has 1 aliphatic rings. The van der Waals surface area contributed by atoms with Crippen molar-refractivity contribution in [1.29, 1.82) is 0 Å². The molecule has 2 rings (SSSR count). The van der Waals surface area contributed by atoms with Gasteiger partial charge in [-0.15, -0.1) is 0 Å². The first kappa shape index (κ1) is 12.1. The molecule has 0 bridgehead atoms. The Bertz CT molecular complexity index is 363. The highest BCUT2D eigenvalue weighted by molar-refractivity contribution is 5.89. The number of rotatable bonds is 3. The normalized spacial score (nSPS) is 24.3. The van der Waals surface area contributed by atoms with Crippen LogP contribution in [0.4, 0.5) is 0 Å². The molecule has 0 saturated carbocycles. The van der Waals surface area contributed by atoms with E-state index in [2.05, 4.69) is 0 Å².